The van der Waals surface area contributed by atoms with Crippen molar-refractivity contribution in [2.24, 2.45) is 0 Å². The molecule has 0 fully saturated rings. The van der Waals surface area contributed by atoms with Gasteiger partial charge in [-0.1, -0.05) is 11.8 Å². The standard InChI is InChI=1S/C14H23N3O2S/c1-5-17(8-9-18)13(19)7-6-12-10(2)15-14(20-4)16-11(12)3/h18H,5-9H2,1-4H3. The number of rotatable bonds is 7. The molecule has 0 saturated heterocycles. The molecule has 0 atom stereocenters. The number of aryl methyl sites for hydroxylation is 2. The van der Waals surface area contributed by atoms with Crippen molar-refractivity contribution in [3.8, 4) is 0 Å². The van der Waals surface area contributed by atoms with Crippen molar-refractivity contribution in [3.63, 3.8) is 0 Å². The molecule has 1 N–H and O–H groups in total. The van der Waals surface area contributed by atoms with Gasteiger partial charge in [-0.25, -0.2) is 9.97 Å². The van der Waals surface area contributed by atoms with Crippen LogP contribution in [0, 0.1) is 13.8 Å². The first-order valence-electron chi connectivity index (χ1n) is 6.80. The molecule has 0 aromatic carbocycles. The van der Waals surface area contributed by atoms with E-state index >= 15 is 0 Å². The van der Waals surface area contributed by atoms with E-state index in [9.17, 15) is 4.79 Å². The van der Waals surface area contributed by atoms with Crippen molar-refractivity contribution in [2.75, 3.05) is 26.0 Å². The summed E-state index contributed by atoms with van der Waals surface area (Å²) < 4.78 is 0. The summed E-state index contributed by atoms with van der Waals surface area (Å²) in [6.45, 7) is 6.86. The van der Waals surface area contributed by atoms with Crippen LogP contribution in [-0.4, -0.2) is 51.8 Å². The second-order valence-electron chi connectivity index (χ2n) is 4.56. The first-order chi connectivity index (χ1) is 9.53. The van der Waals surface area contributed by atoms with E-state index in [1.165, 1.54) is 11.8 Å². The van der Waals surface area contributed by atoms with Crippen LogP contribution in [0.25, 0.3) is 0 Å². The lowest BCUT2D eigenvalue weighted by Crippen LogP contribution is -2.33. The molecule has 1 aromatic rings. The van der Waals surface area contributed by atoms with Gasteiger partial charge in [0.15, 0.2) is 5.16 Å². The number of amides is 1. The average Bonchev–Trinajstić information content (AvgIpc) is 2.43. The minimum atomic E-state index is 0.00314. The number of aliphatic hydroxyl groups is 1. The molecule has 1 heterocycles. The van der Waals surface area contributed by atoms with Crippen LogP contribution < -0.4 is 0 Å². The fourth-order valence-electron chi connectivity index (χ4n) is 2.13. The first kappa shape index (κ1) is 16.9. The van der Waals surface area contributed by atoms with Crippen LogP contribution >= 0.6 is 11.8 Å². The average molecular weight is 297 g/mol. The number of nitrogens with zero attached hydrogens (tertiary/aromatic N) is 3. The molecule has 1 rings (SSSR count). The second-order valence-corrected chi connectivity index (χ2v) is 5.33. The first-order valence-corrected chi connectivity index (χ1v) is 8.02. The smallest absolute Gasteiger partial charge is 0.222 e. The summed E-state index contributed by atoms with van der Waals surface area (Å²) in [6.07, 6.45) is 3.02. The highest BCUT2D eigenvalue weighted by atomic mass is 32.2. The van der Waals surface area contributed by atoms with Crippen molar-refractivity contribution < 1.29 is 9.90 Å². The highest BCUT2D eigenvalue weighted by Gasteiger charge is 2.14. The Kier molecular flexibility index (Phi) is 6.95. The Hall–Kier alpha value is -1.14. The molecule has 5 nitrogen and oxygen atoms in total. The lowest BCUT2D eigenvalue weighted by molar-refractivity contribution is -0.131. The molecule has 0 unspecified atom stereocenters. The maximum Gasteiger partial charge on any atom is 0.222 e. The minimum Gasteiger partial charge on any atom is -0.395 e. The van der Waals surface area contributed by atoms with Gasteiger partial charge in [0.05, 0.1) is 6.61 Å². The molecule has 0 saturated carbocycles. The van der Waals surface area contributed by atoms with Gasteiger partial charge in [-0.3, -0.25) is 4.79 Å². The summed E-state index contributed by atoms with van der Waals surface area (Å²) in [6, 6.07) is 0. The number of carbonyl (C=O) groups excluding carboxylic acids is 1. The summed E-state index contributed by atoms with van der Waals surface area (Å²) in [4.78, 5) is 22.6. The summed E-state index contributed by atoms with van der Waals surface area (Å²) in [5.74, 6) is 0.0642. The second kappa shape index (κ2) is 8.21. The van der Waals surface area contributed by atoms with Gasteiger partial charge < -0.3 is 10.0 Å². The zero-order valence-electron chi connectivity index (χ0n) is 12.6. The van der Waals surface area contributed by atoms with Crippen molar-refractivity contribution >= 4 is 17.7 Å². The van der Waals surface area contributed by atoms with E-state index in [0.29, 0.717) is 25.9 Å². The third-order valence-corrected chi connectivity index (χ3v) is 3.82. The van der Waals surface area contributed by atoms with Crippen LogP contribution in [0.2, 0.25) is 0 Å². The van der Waals surface area contributed by atoms with Crippen molar-refractivity contribution in [2.45, 2.75) is 38.8 Å². The summed E-state index contributed by atoms with van der Waals surface area (Å²) in [5.41, 5.74) is 2.94. The Bertz CT molecular complexity index is 443. The van der Waals surface area contributed by atoms with Gasteiger partial charge in [-0.2, -0.15) is 0 Å². The van der Waals surface area contributed by atoms with Gasteiger partial charge in [0, 0.05) is 30.9 Å². The molecular formula is C14H23N3O2S. The van der Waals surface area contributed by atoms with Gasteiger partial charge in [0.25, 0.3) is 0 Å². The Morgan fingerprint density at radius 3 is 2.35 bits per heavy atom. The van der Waals surface area contributed by atoms with Gasteiger partial charge in [0.1, 0.15) is 0 Å². The van der Waals surface area contributed by atoms with Crippen LogP contribution in [0.5, 0.6) is 0 Å². The number of hydrogen-bond acceptors (Lipinski definition) is 5. The highest BCUT2D eigenvalue weighted by Crippen LogP contribution is 2.17. The minimum absolute atomic E-state index is 0.00314. The Balaban J connectivity index is 2.72. The number of carbonyl (C=O) groups is 1. The fourth-order valence-corrected chi connectivity index (χ4v) is 2.59. The Morgan fingerprint density at radius 1 is 1.30 bits per heavy atom. The third-order valence-electron chi connectivity index (χ3n) is 3.28. The van der Waals surface area contributed by atoms with E-state index in [4.69, 9.17) is 5.11 Å². The van der Waals surface area contributed by atoms with Crippen LogP contribution in [0.4, 0.5) is 0 Å². The lowest BCUT2D eigenvalue weighted by atomic mass is 10.1. The number of aromatic nitrogens is 2. The molecule has 112 valence electrons. The predicted octanol–water partition coefficient (Wildman–Crippen LogP) is 1.59. The van der Waals surface area contributed by atoms with E-state index in [-0.39, 0.29) is 12.5 Å². The van der Waals surface area contributed by atoms with Gasteiger partial charge in [-0.15, -0.1) is 0 Å². The van der Waals surface area contributed by atoms with Crippen molar-refractivity contribution in [1.29, 1.82) is 0 Å². The van der Waals surface area contributed by atoms with Crippen LogP contribution in [0.1, 0.15) is 30.3 Å². The molecule has 0 aliphatic carbocycles. The number of thioether (sulfide) groups is 1. The van der Waals surface area contributed by atoms with Crippen molar-refractivity contribution in [3.05, 3.63) is 17.0 Å². The van der Waals surface area contributed by atoms with E-state index in [0.717, 1.165) is 22.1 Å². The maximum absolute atomic E-state index is 12.1. The SMILES string of the molecule is CCN(CCO)C(=O)CCc1c(C)nc(SC)nc1C. The monoisotopic (exact) mass is 297 g/mol. The molecule has 6 heteroatoms. The van der Waals surface area contributed by atoms with Gasteiger partial charge >= 0.3 is 0 Å². The van der Waals surface area contributed by atoms with E-state index in [1.807, 2.05) is 27.0 Å². The molecule has 0 radical (unpaired) electrons. The molecule has 20 heavy (non-hydrogen) atoms. The topological polar surface area (TPSA) is 66.3 Å². The largest absolute Gasteiger partial charge is 0.395 e. The van der Waals surface area contributed by atoms with E-state index in [2.05, 4.69) is 9.97 Å². The summed E-state index contributed by atoms with van der Waals surface area (Å²) in [5, 5.41) is 9.70. The lowest BCUT2D eigenvalue weighted by Gasteiger charge is -2.20. The molecular weight excluding hydrogens is 274 g/mol. The van der Waals surface area contributed by atoms with Gasteiger partial charge in [0.2, 0.25) is 5.91 Å². The molecule has 0 spiro atoms. The molecule has 0 aliphatic heterocycles. The zero-order chi connectivity index (χ0) is 15.1. The fraction of sp³-hybridized carbons (Fsp3) is 0.643. The van der Waals surface area contributed by atoms with Crippen molar-refractivity contribution in [1.82, 2.24) is 14.9 Å². The Labute approximate surface area is 124 Å². The molecule has 0 aliphatic rings. The number of likely N-dealkylation sites (N-methyl/N-ethyl adjacent to an activating group) is 1. The quantitative estimate of drug-likeness (QED) is 0.611. The Morgan fingerprint density at radius 2 is 1.90 bits per heavy atom. The number of aliphatic hydroxyl groups excluding tert-OH is 1. The third kappa shape index (κ3) is 4.45. The maximum atomic E-state index is 12.1. The molecule has 1 amide bonds. The van der Waals surface area contributed by atoms with E-state index in [1.54, 1.807) is 4.90 Å². The zero-order valence-corrected chi connectivity index (χ0v) is 13.5. The van der Waals surface area contributed by atoms with E-state index < -0.39 is 0 Å². The highest BCUT2D eigenvalue weighted by molar-refractivity contribution is 7.98. The molecule has 0 bridgehead atoms. The normalized spacial score (nSPS) is 10.7. The van der Waals surface area contributed by atoms with Crippen LogP contribution in [0.15, 0.2) is 5.16 Å². The van der Waals surface area contributed by atoms with Gasteiger partial charge in [-0.05, 0) is 39.0 Å². The number of hydrogen-bond donors (Lipinski definition) is 1. The summed E-state index contributed by atoms with van der Waals surface area (Å²) in [7, 11) is 0. The predicted molar refractivity (Wildman–Crippen MR) is 80.9 cm³/mol. The van der Waals surface area contributed by atoms with Crippen LogP contribution in [-0.2, 0) is 11.2 Å². The summed E-state index contributed by atoms with van der Waals surface area (Å²) >= 11 is 1.52. The molecule has 1 aromatic heterocycles. The van der Waals surface area contributed by atoms with Crippen LogP contribution in [0.3, 0.4) is 0 Å².